The molecule has 0 radical (unpaired) electrons. The Hall–Kier alpha value is -0.850. The van der Waals surface area contributed by atoms with Crippen molar-refractivity contribution < 1.29 is 19.4 Å². The molecule has 0 spiro atoms. The summed E-state index contributed by atoms with van der Waals surface area (Å²) in [4.78, 5) is 15.7. The molecule has 6 heteroatoms. The molecule has 0 aromatic carbocycles. The molecule has 1 amide bonds. The van der Waals surface area contributed by atoms with Crippen LogP contribution in [0.4, 0.5) is 4.79 Å². The molecule has 0 aromatic heterocycles. The number of rotatable bonds is 6. The second-order valence-corrected chi connectivity index (χ2v) is 9.27. The zero-order chi connectivity index (χ0) is 18.9. The van der Waals surface area contributed by atoms with Gasteiger partial charge in [-0.05, 0) is 42.9 Å². The molecule has 1 aliphatic heterocycles. The minimum Gasteiger partial charge on any atom is -0.450 e. The quantitative estimate of drug-likeness (QED) is 0.780. The Morgan fingerprint density at radius 1 is 1.23 bits per heavy atom. The summed E-state index contributed by atoms with van der Waals surface area (Å²) in [6.07, 6.45) is 3.35. The third-order valence-corrected chi connectivity index (χ3v) is 6.96. The van der Waals surface area contributed by atoms with Crippen LogP contribution < -0.4 is 0 Å². The van der Waals surface area contributed by atoms with Crippen LogP contribution in [-0.4, -0.2) is 79.1 Å². The molecule has 3 aliphatic rings. The Balaban J connectivity index is 1.41. The lowest BCUT2D eigenvalue weighted by Gasteiger charge is -2.43. The summed E-state index contributed by atoms with van der Waals surface area (Å²) in [5, 5.41) is 10.5. The summed E-state index contributed by atoms with van der Waals surface area (Å²) in [6.45, 7) is 13.1. The van der Waals surface area contributed by atoms with Gasteiger partial charge in [-0.2, -0.15) is 0 Å². The molecule has 1 heterocycles. The van der Waals surface area contributed by atoms with Crippen LogP contribution in [0.1, 0.15) is 47.0 Å². The molecule has 1 N–H and O–H groups in total. The van der Waals surface area contributed by atoms with Crippen LogP contribution in [0.2, 0.25) is 0 Å². The van der Waals surface area contributed by atoms with Crippen molar-refractivity contribution in [1.82, 2.24) is 9.80 Å². The van der Waals surface area contributed by atoms with Crippen LogP contribution in [-0.2, 0) is 9.47 Å². The summed E-state index contributed by atoms with van der Waals surface area (Å²) in [6, 6.07) is 0. The summed E-state index contributed by atoms with van der Waals surface area (Å²) in [7, 11) is 0. The van der Waals surface area contributed by atoms with Gasteiger partial charge < -0.3 is 19.5 Å². The SMILES string of the molecule is CCOC(=O)N1CCN(C[C@H](O)CO[C@H]2C(C)(C)[C@H]3CC[C@@]2(C)C3)CC1. The van der Waals surface area contributed by atoms with Gasteiger partial charge >= 0.3 is 6.09 Å². The average Bonchev–Trinajstić information content (AvgIpc) is 3.06. The number of nitrogens with zero attached hydrogens (tertiary/aromatic N) is 2. The Kier molecular flexibility index (Phi) is 5.85. The highest BCUT2D eigenvalue weighted by molar-refractivity contribution is 5.67. The van der Waals surface area contributed by atoms with E-state index in [1.54, 1.807) is 4.90 Å². The first-order chi connectivity index (χ1) is 12.3. The van der Waals surface area contributed by atoms with Gasteiger partial charge in [0.15, 0.2) is 0 Å². The molecule has 0 aromatic rings. The fraction of sp³-hybridized carbons (Fsp3) is 0.950. The van der Waals surface area contributed by atoms with Crippen LogP contribution in [0.5, 0.6) is 0 Å². The van der Waals surface area contributed by atoms with Crippen molar-refractivity contribution in [3.63, 3.8) is 0 Å². The van der Waals surface area contributed by atoms with Crippen molar-refractivity contribution in [2.24, 2.45) is 16.7 Å². The number of aliphatic hydroxyl groups excluding tert-OH is 1. The lowest BCUT2D eigenvalue weighted by atomic mass is 9.70. The smallest absolute Gasteiger partial charge is 0.409 e. The zero-order valence-corrected chi connectivity index (χ0v) is 16.9. The molecule has 3 fully saturated rings. The van der Waals surface area contributed by atoms with E-state index >= 15 is 0 Å². The number of carbonyl (C=O) groups excluding carboxylic acids is 1. The number of carbonyl (C=O) groups is 1. The van der Waals surface area contributed by atoms with Gasteiger partial charge in [0.1, 0.15) is 0 Å². The maximum Gasteiger partial charge on any atom is 0.409 e. The Morgan fingerprint density at radius 3 is 2.50 bits per heavy atom. The lowest BCUT2D eigenvalue weighted by Crippen LogP contribution is -2.51. The zero-order valence-electron chi connectivity index (χ0n) is 16.9. The van der Waals surface area contributed by atoms with Crippen molar-refractivity contribution >= 4 is 6.09 Å². The van der Waals surface area contributed by atoms with Gasteiger partial charge in [0.05, 0.1) is 25.4 Å². The Labute approximate surface area is 157 Å². The van der Waals surface area contributed by atoms with Crippen LogP contribution in [0.15, 0.2) is 0 Å². The molecule has 3 rings (SSSR count). The normalized spacial score (nSPS) is 34.9. The summed E-state index contributed by atoms with van der Waals surface area (Å²) < 4.78 is 11.3. The number of β-amino-alcohol motifs (C(OH)–C–C–N with tert-alkyl or cyclic N) is 1. The fourth-order valence-corrected chi connectivity index (χ4v) is 5.56. The molecule has 1 saturated heterocycles. The first-order valence-corrected chi connectivity index (χ1v) is 10.2. The third kappa shape index (κ3) is 3.87. The predicted octanol–water partition coefficient (Wildman–Crippen LogP) is 2.35. The number of hydrogen-bond donors (Lipinski definition) is 1. The minimum absolute atomic E-state index is 0.206. The highest BCUT2D eigenvalue weighted by Gasteiger charge is 2.60. The molecular weight excluding hydrogens is 332 g/mol. The van der Waals surface area contributed by atoms with Crippen LogP contribution in [0.25, 0.3) is 0 Å². The Bertz CT molecular complexity index is 499. The maximum absolute atomic E-state index is 11.7. The molecule has 0 unspecified atom stereocenters. The molecule has 150 valence electrons. The van der Waals surface area contributed by atoms with Gasteiger partial charge in [0.25, 0.3) is 0 Å². The van der Waals surface area contributed by atoms with Crippen LogP contribution in [0.3, 0.4) is 0 Å². The molecule has 2 saturated carbocycles. The van der Waals surface area contributed by atoms with Crippen molar-refractivity contribution in [2.45, 2.75) is 59.2 Å². The number of ether oxygens (including phenoxy) is 2. The Morgan fingerprint density at radius 2 is 1.92 bits per heavy atom. The minimum atomic E-state index is -0.484. The summed E-state index contributed by atoms with van der Waals surface area (Å²) in [5.74, 6) is 0.755. The number of amides is 1. The first-order valence-electron chi connectivity index (χ1n) is 10.2. The number of hydrogen-bond acceptors (Lipinski definition) is 5. The molecule has 2 aliphatic carbocycles. The number of piperazine rings is 1. The van der Waals surface area contributed by atoms with E-state index in [1.165, 1.54) is 19.3 Å². The van der Waals surface area contributed by atoms with Crippen molar-refractivity contribution in [2.75, 3.05) is 45.9 Å². The average molecular weight is 369 g/mol. The van der Waals surface area contributed by atoms with Gasteiger partial charge in [0, 0.05) is 32.7 Å². The van der Waals surface area contributed by atoms with E-state index in [9.17, 15) is 9.90 Å². The van der Waals surface area contributed by atoms with E-state index < -0.39 is 6.10 Å². The molecule has 6 nitrogen and oxygen atoms in total. The number of fused-ring (bicyclic) bond motifs is 2. The maximum atomic E-state index is 11.7. The van der Waals surface area contributed by atoms with Crippen molar-refractivity contribution in [1.29, 1.82) is 0 Å². The van der Waals surface area contributed by atoms with E-state index in [0.29, 0.717) is 32.8 Å². The molecule has 4 atom stereocenters. The standard InChI is InChI=1S/C20H36N2O4/c1-5-25-18(24)22-10-8-21(9-11-22)13-16(23)14-26-17-19(2,3)15-6-7-20(17,4)12-15/h15-17,23H,5-14H2,1-4H3/t15-,16-,17-,20-/m0/s1. The van der Waals surface area contributed by atoms with E-state index in [4.69, 9.17) is 9.47 Å². The molecule has 26 heavy (non-hydrogen) atoms. The third-order valence-electron chi connectivity index (χ3n) is 6.96. The fourth-order valence-electron chi connectivity index (χ4n) is 5.56. The van der Waals surface area contributed by atoms with E-state index in [-0.39, 0.29) is 23.0 Å². The highest BCUT2D eigenvalue weighted by Crippen LogP contribution is 2.63. The highest BCUT2D eigenvalue weighted by atomic mass is 16.6. The first kappa shape index (κ1) is 19.9. The van der Waals surface area contributed by atoms with E-state index in [2.05, 4.69) is 25.7 Å². The predicted molar refractivity (Wildman–Crippen MR) is 100 cm³/mol. The van der Waals surface area contributed by atoms with Gasteiger partial charge in [-0.15, -0.1) is 0 Å². The second kappa shape index (κ2) is 7.64. The number of aliphatic hydroxyl groups is 1. The molecule has 2 bridgehead atoms. The largest absolute Gasteiger partial charge is 0.450 e. The topological polar surface area (TPSA) is 62.2 Å². The monoisotopic (exact) mass is 368 g/mol. The van der Waals surface area contributed by atoms with E-state index in [0.717, 1.165) is 19.0 Å². The summed E-state index contributed by atoms with van der Waals surface area (Å²) in [5.41, 5.74) is 0.483. The van der Waals surface area contributed by atoms with E-state index in [1.807, 2.05) is 6.92 Å². The van der Waals surface area contributed by atoms with Gasteiger partial charge in [0.2, 0.25) is 0 Å². The van der Waals surface area contributed by atoms with Gasteiger partial charge in [-0.3, -0.25) is 4.90 Å². The van der Waals surface area contributed by atoms with Gasteiger partial charge in [-0.25, -0.2) is 4.79 Å². The van der Waals surface area contributed by atoms with Gasteiger partial charge in [-0.1, -0.05) is 20.8 Å². The van der Waals surface area contributed by atoms with Crippen LogP contribution >= 0.6 is 0 Å². The summed E-state index contributed by atoms with van der Waals surface area (Å²) >= 11 is 0. The second-order valence-electron chi connectivity index (χ2n) is 9.27. The van der Waals surface area contributed by atoms with Crippen molar-refractivity contribution in [3.05, 3.63) is 0 Å². The molecular formula is C20H36N2O4. The van der Waals surface area contributed by atoms with Crippen molar-refractivity contribution in [3.8, 4) is 0 Å². The van der Waals surface area contributed by atoms with Crippen LogP contribution in [0, 0.1) is 16.7 Å². The lowest BCUT2D eigenvalue weighted by molar-refractivity contribution is -0.114.